The van der Waals surface area contributed by atoms with E-state index in [4.69, 9.17) is 0 Å². The second-order valence-electron chi connectivity index (χ2n) is 8.27. The van der Waals surface area contributed by atoms with Crippen molar-refractivity contribution in [2.24, 2.45) is 5.92 Å². The van der Waals surface area contributed by atoms with E-state index in [1.165, 1.54) is 18.1 Å². The molecule has 3 aromatic rings. The minimum absolute atomic E-state index is 0. The summed E-state index contributed by atoms with van der Waals surface area (Å²) >= 11 is 0. The molecule has 3 unspecified atom stereocenters. The van der Waals surface area contributed by atoms with Crippen molar-refractivity contribution in [3.63, 3.8) is 0 Å². The SMILES string of the molecule is Br.Oc1ccc(C(Cc2ccc(O)cc2O)C(Cc2ccccc2)C2CCCN2)cc1. The van der Waals surface area contributed by atoms with Gasteiger partial charge >= 0.3 is 0 Å². The van der Waals surface area contributed by atoms with Gasteiger partial charge in [-0.1, -0.05) is 48.5 Å². The molecule has 0 amide bonds. The van der Waals surface area contributed by atoms with Gasteiger partial charge in [-0.25, -0.2) is 0 Å². The molecule has 31 heavy (non-hydrogen) atoms. The molecule has 0 bridgehead atoms. The first kappa shape index (κ1) is 23.2. The van der Waals surface area contributed by atoms with Gasteiger partial charge in [0.2, 0.25) is 0 Å². The van der Waals surface area contributed by atoms with Crippen LogP contribution in [-0.2, 0) is 12.8 Å². The first-order chi connectivity index (χ1) is 14.6. The number of halogens is 1. The van der Waals surface area contributed by atoms with Gasteiger partial charge in [-0.15, -0.1) is 17.0 Å². The Morgan fingerprint density at radius 2 is 1.55 bits per heavy atom. The molecule has 1 aliphatic rings. The quantitative estimate of drug-likeness (QED) is 0.367. The third kappa shape index (κ3) is 5.81. The fourth-order valence-corrected chi connectivity index (χ4v) is 4.73. The Bertz CT molecular complexity index is 956. The molecular weight excluding hydrogens is 454 g/mol. The van der Waals surface area contributed by atoms with Gasteiger partial charge in [0, 0.05) is 12.1 Å². The van der Waals surface area contributed by atoms with Gasteiger partial charge in [0.1, 0.15) is 17.2 Å². The normalized spacial score (nSPS) is 17.6. The molecule has 5 heteroatoms. The van der Waals surface area contributed by atoms with Crippen LogP contribution in [0.5, 0.6) is 17.2 Å². The van der Waals surface area contributed by atoms with Gasteiger partial charge in [-0.05, 0) is 79.0 Å². The number of hydrogen-bond acceptors (Lipinski definition) is 4. The summed E-state index contributed by atoms with van der Waals surface area (Å²) in [4.78, 5) is 0. The molecule has 0 saturated carbocycles. The molecule has 0 aromatic heterocycles. The van der Waals surface area contributed by atoms with E-state index >= 15 is 0 Å². The van der Waals surface area contributed by atoms with Crippen LogP contribution in [0.25, 0.3) is 0 Å². The summed E-state index contributed by atoms with van der Waals surface area (Å²) in [5.41, 5.74) is 3.27. The zero-order chi connectivity index (χ0) is 20.9. The maximum Gasteiger partial charge on any atom is 0.122 e. The Balaban J connectivity index is 0.00000272. The minimum atomic E-state index is 0. The topological polar surface area (TPSA) is 72.7 Å². The maximum atomic E-state index is 10.5. The van der Waals surface area contributed by atoms with Crippen molar-refractivity contribution in [2.75, 3.05) is 6.54 Å². The number of phenols is 3. The summed E-state index contributed by atoms with van der Waals surface area (Å²) in [6, 6.07) is 23.2. The van der Waals surface area contributed by atoms with Crippen LogP contribution in [0.4, 0.5) is 0 Å². The lowest BCUT2D eigenvalue weighted by Crippen LogP contribution is -2.36. The van der Waals surface area contributed by atoms with Crippen molar-refractivity contribution >= 4 is 17.0 Å². The number of aromatic hydroxyl groups is 3. The Morgan fingerprint density at radius 1 is 0.839 bits per heavy atom. The largest absolute Gasteiger partial charge is 0.508 e. The van der Waals surface area contributed by atoms with Crippen LogP contribution in [0, 0.1) is 5.92 Å². The minimum Gasteiger partial charge on any atom is -0.508 e. The molecule has 1 fully saturated rings. The molecule has 164 valence electrons. The van der Waals surface area contributed by atoms with E-state index in [-0.39, 0.29) is 40.1 Å². The molecular formula is C26H30BrNO3. The maximum absolute atomic E-state index is 10.5. The molecule has 3 aromatic carbocycles. The predicted octanol–water partition coefficient (Wildman–Crippen LogP) is 5.32. The van der Waals surface area contributed by atoms with Gasteiger partial charge in [-0.2, -0.15) is 0 Å². The second-order valence-corrected chi connectivity index (χ2v) is 8.27. The second kappa shape index (κ2) is 10.7. The summed E-state index contributed by atoms with van der Waals surface area (Å²) in [7, 11) is 0. The molecule has 1 aliphatic heterocycles. The average molecular weight is 484 g/mol. The van der Waals surface area contributed by atoms with E-state index in [1.54, 1.807) is 24.3 Å². The summed E-state index contributed by atoms with van der Waals surface area (Å²) in [6.07, 6.45) is 3.89. The van der Waals surface area contributed by atoms with Gasteiger partial charge in [0.05, 0.1) is 0 Å². The van der Waals surface area contributed by atoms with Crippen LogP contribution >= 0.6 is 17.0 Å². The highest BCUT2D eigenvalue weighted by molar-refractivity contribution is 8.93. The Labute approximate surface area is 194 Å². The molecule has 1 heterocycles. The highest BCUT2D eigenvalue weighted by Crippen LogP contribution is 2.38. The standard InChI is InChI=1S/C26H29NO3.BrH/c28-21-11-8-19(9-12-21)23(16-20-10-13-22(29)17-26(20)30)24(25-7-4-14-27-25)15-18-5-2-1-3-6-18;/h1-3,5-6,8-13,17,23-25,27-30H,4,7,14-16H2;1H. The number of hydrogen-bond donors (Lipinski definition) is 4. The Morgan fingerprint density at radius 3 is 2.19 bits per heavy atom. The fourth-order valence-electron chi connectivity index (χ4n) is 4.73. The van der Waals surface area contributed by atoms with Gasteiger partial charge in [-0.3, -0.25) is 0 Å². The smallest absolute Gasteiger partial charge is 0.122 e. The van der Waals surface area contributed by atoms with Crippen molar-refractivity contribution in [2.45, 2.75) is 37.6 Å². The molecule has 4 rings (SSSR count). The summed E-state index contributed by atoms with van der Waals surface area (Å²) in [6.45, 7) is 1.03. The van der Waals surface area contributed by atoms with E-state index in [0.29, 0.717) is 18.4 Å². The third-order valence-corrected chi connectivity index (χ3v) is 6.28. The fraction of sp³-hybridized carbons (Fsp3) is 0.308. The zero-order valence-electron chi connectivity index (χ0n) is 17.4. The van der Waals surface area contributed by atoms with Gasteiger partial charge in [0.25, 0.3) is 0 Å². The first-order valence-electron chi connectivity index (χ1n) is 10.7. The van der Waals surface area contributed by atoms with Crippen molar-refractivity contribution in [3.8, 4) is 17.2 Å². The lowest BCUT2D eigenvalue weighted by atomic mass is 9.74. The summed E-state index contributed by atoms with van der Waals surface area (Å²) < 4.78 is 0. The number of rotatable bonds is 7. The van der Waals surface area contributed by atoms with Crippen molar-refractivity contribution in [1.29, 1.82) is 0 Å². The summed E-state index contributed by atoms with van der Waals surface area (Å²) in [5, 5.41) is 33.7. The summed E-state index contributed by atoms with van der Waals surface area (Å²) in [5.74, 6) is 0.917. The predicted molar refractivity (Wildman–Crippen MR) is 129 cm³/mol. The molecule has 3 atom stereocenters. The number of nitrogens with one attached hydrogen (secondary N) is 1. The van der Waals surface area contributed by atoms with Crippen LogP contribution in [0.15, 0.2) is 72.8 Å². The Hall–Kier alpha value is -2.50. The van der Waals surface area contributed by atoms with E-state index < -0.39 is 0 Å². The molecule has 0 aliphatic carbocycles. The van der Waals surface area contributed by atoms with Crippen molar-refractivity contribution < 1.29 is 15.3 Å². The Kier molecular flexibility index (Phi) is 7.99. The highest BCUT2D eigenvalue weighted by atomic mass is 79.9. The lowest BCUT2D eigenvalue weighted by molar-refractivity contribution is 0.318. The molecule has 4 nitrogen and oxygen atoms in total. The highest BCUT2D eigenvalue weighted by Gasteiger charge is 2.33. The molecule has 4 N–H and O–H groups in total. The van der Waals surface area contributed by atoms with E-state index in [0.717, 1.165) is 30.5 Å². The number of benzene rings is 3. The third-order valence-electron chi connectivity index (χ3n) is 6.28. The van der Waals surface area contributed by atoms with Crippen molar-refractivity contribution in [3.05, 3.63) is 89.5 Å². The van der Waals surface area contributed by atoms with Crippen LogP contribution in [0.1, 0.15) is 35.4 Å². The van der Waals surface area contributed by atoms with Gasteiger partial charge in [0.15, 0.2) is 0 Å². The van der Waals surface area contributed by atoms with Crippen molar-refractivity contribution in [1.82, 2.24) is 5.32 Å². The van der Waals surface area contributed by atoms with E-state index in [2.05, 4.69) is 29.6 Å². The van der Waals surface area contributed by atoms with Crippen LogP contribution in [-0.4, -0.2) is 27.9 Å². The molecule has 0 spiro atoms. The lowest BCUT2D eigenvalue weighted by Gasteiger charge is -2.33. The van der Waals surface area contributed by atoms with Crippen LogP contribution in [0.3, 0.4) is 0 Å². The molecule has 0 radical (unpaired) electrons. The average Bonchev–Trinajstić information content (AvgIpc) is 3.28. The monoisotopic (exact) mass is 483 g/mol. The van der Waals surface area contributed by atoms with Crippen LogP contribution in [0.2, 0.25) is 0 Å². The number of phenolic OH excluding ortho intramolecular Hbond substituents is 3. The van der Waals surface area contributed by atoms with E-state index in [9.17, 15) is 15.3 Å². The van der Waals surface area contributed by atoms with E-state index in [1.807, 2.05) is 18.2 Å². The molecule has 1 saturated heterocycles. The van der Waals surface area contributed by atoms with Gasteiger partial charge < -0.3 is 20.6 Å². The van der Waals surface area contributed by atoms with Crippen LogP contribution < -0.4 is 5.32 Å². The first-order valence-corrected chi connectivity index (χ1v) is 10.7. The zero-order valence-corrected chi connectivity index (χ0v) is 19.2.